The van der Waals surface area contributed by atoms with Crippen molar-refractivity contribution >= 4 is 49.9 Å². The number of aryl methyl sites for hydroxylation is 1. The molecule has 7 nitrogen and oxygen atoms in total. The van der Waals surface area contributed by atoms with E-state index in [4.69, 9.17) is 11.6 Å². The maximum Gasteiger partial charge on any atom is 0.269 e. The Morgan fingerprint density at radius 3 is 2.52 bits per heavy atom. The first-order chi connectivity index (χ1) is 13.7. The van der Waals surface area contributed by atoms with E-state index < -0.39 is 4.92 Å². The van der Waals surface area contributed by atoms with Gasteiger partial charge < -0.3 is 4.90 Å². The molecule has 0 aliphatic heterocycles. The molecule has 3 rings (SSSR count). The number of halogens is 1. The maximum absolute atomic E-state index is 13.1. The molecular weight excluding hydrogens is 412 g/mol. The largest absolute Gasteiger partial charge is 0.308 e. The third kappa shape index (κ3) is 5.09. The first-order valence-corrected chi connectivity index (χ1v) is 10.2. The summed E-state index contributed by atoms with van der Waals surface area (Å²) in [6, 6.07) is 9.77. The number of thiazole rings is 1. The molecule has 0 aliphatic carbocycles. The van der Waals surface area contributed by atoms with Crippen LogP contribution in [0.1, 0.15) is 11.1 Å². The Bertz CT molecular complexity index is 1050. The number of carbonyl (C=O) groups excluding carboxylic acids is 1. The highest BCUT2D eigenvalue weighted by Crippen LogP contribution is 2.33. The van der Waals surface area contributed by atoms with Crippen LogP contribution in [-0.2, 0) is 11.2 Å². The second-order valence-corrected chi connectivity index (χ2v) is 8.46. The molecule has 0 atom stereocenters. The van der Waals surface area contributed by atoms with Gasteiger partial charge in [-0.1, -0.05) is 35.1 Å². The highest BCUT2D eigenvalue weighted by molar-refractivity contribution is 7.22. The number of carbonyl (C=O) groups is 1. The molecule has 1 heterocycles. The molecule has 0 bridgehead atoms. The molecule has 0 fully saturated rings. The van der Waals surface area contributed by atoms with Gasteiger partial charge >= 0.3 is 0 Å². The van der Waals surface area contributed by atoms with Crippen LogP contribution in [0.5, 0.6) is 0 Å². The smallest absolute Gasteiger partial charge is 0.269 e. The van der Waals surface area contributed by atoms with Gasteiger partial charge in [-0.05, 0) is 44.3 Å². The van der Waals surface area contributed by atoms with E-state index in [9.17, 15) is 14.9 Å². The van der Waals surface area contributed by atoms with Gasteiger partial charge in [0.15, 0.2) is 5.13 Å². The van der Waals surface area contributed by atoms with Crippen molar-refractivity contribution in [3.63, 3.8) is 0 Å². The first-order valence-electron chi connectivity index (χ1n) is 8.99. The Hall–Kier alpha value is -2.55. The number of hydrogen-bond donors (Lipinski definition) is 0. The summed E-state index contributed by atoms with van der Waals surface area (Å²) >= 11 is 7.60. The second kappa shape index (κ2) is 8.86. The average molecular weight is 433 g/mol. The predicted molar refractivity (Wildman–Crippen MR) is 117 cm³/mol. The Labute approximate surface area is 177 Å². The third-order valence-corrected chi connectivity index (χ3v) is 5.69. The molecule has 3 aromatic rings. The summed E-state index contributed by atoms with van der Waals surface area (Å²) in [6.45, 7) is 3.12. The SMILES string of the molecule is Cc1cc(Cl)cc2sc(N(CCN(C)C)C(=O)Cc3ccc([N+](=O)[O-])cc3)nc12. The van der Waals surface area contributed by atoms with Crippen LogP contribution in [0, 0.1) is 17.0 Å². The van der Waals surface area contributed by atoms with E-state index in [1.807, 2.05) is 38.1 Å². The van der Waals surface area contributed by atoms with Gasteiger partial charge in [0.25, 0.3) is 5.69 Å². The topological polar surface area (TPSA) is 79.6 Å². The van der Waals surface area contributed by atoms with Crippen LogP contribution in [0.2, 0.25) is 5.02 Å². The molecule has 2 aromatic carbocycles. The third-order valence-electron chi connectivity index (χ3n) is 4.44. The minimum absolute atomic E-state index is 0.00388. The van der Waals surface area contributed by atoms with Gasteiger partial charge in [-0.3, -0.25) is 19.8 Å². The fourth-order valence-corrected chi connectivity index (χ4v) is 4.35. The number of aromatic nitrogens is 1. The van der Waals surface area contributed by atoms with Crippen molar-refractivity contribution in [3.8, 4) is 0 Å². The van der Waals surface area contributed by atoms with E-state index in [2.05, 4.69) is 4.98 Å². The number of nitro benzene ring substituents is 1. The van der Waals surface area contributed by atoms with Crippen molar-refractivity contribution in [1.29, 1.82) is 0 Å². The highest BCUT2D eigenvalue weighted by atomic mass is 35.5. The fraction of sp³-hybridized carbons (Fsp3) is 0.300. The van der Waals surface area contributed by atoms with Crippen LogP contribution in [0.3, 0.4) is 0 Å². The van der Waals surface area contributed by atoms with E-state index in [-0.39, 0.29) is 18.0 Å². The number of rotatable bonds is 7. The summed E-state index contributed by atoms with van der Waals surface area (Å²) in [5, 5.41) is 12.1. The zero-order chi connectivity index (χ0) is 21.1. The standard InChI is InChI=1S/C20H21ClN4O3S/c1-13-10-15(21)12-17-19(13)22-20(29-17)24(9-8-23(2)3)18(26)11-14-4-6-16(7-5-14)25(27)28/h4-7,10,12H,8-9,11H2,1-3H3. The van der Waals surface area contributed by atoms with Crippen LogP contribution >= 0.6 is 22.9 Å². The van der Waals surface area contributed by atoms with Gasteiger partial charge in [0.1, 0.15) is 0 Å². The molecule has 0 aliphatic rings. The van der Waals surface area contributed by atoms with Gasteiger partial charge in [0, 0.05) is 30.2 Å². The van der Waals surface area contributed by atoms with Crippen LogP contribution < -0.4 is 4.90 Å². The lowest BCUT2D eigenvalue weighted by molar-refractivity contribution is -0.384. The number of hydrogen-bond acceptors (Lipinski definition) is 6. The van der Waals surface area contributed by atoms with Gasteiger partial charge in [-0.15, -0.1) is 0 Å². The molecule has 0 unspecified atom stereocenters. The number of amides is 1. The minimum Gasteiger partial charge on any atom is -0.308 e. The monoisotopic (exact) mass is 432 g/mol. The summed E-state index contributed by atoms with van der Waals surface area (Å²) in [5.41, 5.74) is 2.53. The Morgan fingerprint density at radius 2 is 1.90 bits per heavy atom. The summed E-state index contributed by atoms with van der Waals surface area (Å²) in [4.78, 5) is 31.8. The summed E-state index contributed by atoms with van der Waals surface area (Å²) < 4.78 is 0.933. The van der Waals surface area contributed by atoms with E-state index in [0.717, 1.165) is 21.3 Å². The highest BCUT2D eigenvalue weighted by Gasteiger charge is 2.21. The predicted octanol–water partition coefficient (Wildman–Crippen LogP) is 4.30. The molecular formula is C20H21ClN4O3S. The van der Waals surface area contributed by atoms with Gasteiger partial charge in [0.2, 0.25) is 5.91 Å². The van der Waals surface area contributed by atoms with Crippen molar-refractivity contribution in [2.24, 2.45) is 0 Å². The lowest BCUT2D eigenvalue weighted by Crippen LogP contribution is -2.37. The zero-order valence-electron chi connectivity index (χ0n) is 16.4. The Balaban J connectivity index is 1.89. The molecule has 1 aromatic heterocycles. The van der Waals surface area contributed by atoms with Gasteiger partial charge in [-0.2, -0.15) is 0 Å². The molecule has 9 heteroatoms. The van der Waals surface area contributed by atoms with Crippen molar-refractivity contribution in [2.75, 3.05) is 32.1 Å². The normalized spacial score (nSPS) is 11.2. The number of nitrogens with zero attached hydrogens (tertiary/aromatic N) is 4. The molecule has 0 saturated carbocycles. The molecule has 0 radical (unpaired) electrons. The fourth-order valence-electron chi connectivity index (χ4n) is 2.89. The van der Waals surface area contributed by atoms with Crippen molar-refractivity contribution in [2.45, 2.75) is 13.3 Å². The lowest BCUT2D eigenvalue weighted by Gasteiger charge is -2.22. The molecule has 29 heavy (non-hydrogen) atoms. The number of likely N-dealkylation sites (N-methyl/N-ethyl adjacent to an activating group) is 1. The average Bonchev–Trinajstić information content (AvgIpc) is 3.06. The van der Waals surface area contributed by atoms with Crippen LogP contribution in [0.25, 0.3) is 10.2 Å². The molecule has 0 spiro atoms. The van der Waals surface area contributed by atoms with Crippen molar-refractivity contribution in [1.82, 2.24) is 9.88 Å². The Kier molecular flexibility index (Phi) is 6.46. The zero-order valence-corrected chi connectivity index (χ0v) is 18.0. The quantitative estimate of drug-likeness (QED) is 0.410. The molecule has 1 amide bonds. The minimum atomic E-state index is -0.455. The molecule has 152 valence electrons. The van der Waals surface area contributed by atoms with Crippen LogP contribution in [0.15, 0.2) is 36.4 Å². The Morgan fingerprint density at radius 1 is 1.21 bits per heavy atom. The number of benzene rings is 2. The second-order valence-electron chi connectivity index (χ2n) is 7.01. The van der Waals surface area contributed by atoms with E-state index in [1.54, 1.807) is 17.0 Å². The number of nitro groups is 1. The summed E-state index contributed by atoms with van der Waals surface area (Å²) in [5.74, 6) is -0.108. The van der Waals surface area contributed by atoms with Crippen LogP contribution in [0.4, 0.5) is 10.8 Å². The number of non-ortho nitro benzene ring substituents is 1. The lowest BCUT2D eigenvalue weighted by atomic mass is 10.1. The first kappa shape index (κ1) is 21.2. The molecule has 0 saturated heterocycles. The summed E-state index contributed by atoms with van der Waals surface area (Å²) in [7, 11) is 3.89. The van der Waals surface area contributed by atoms with E-state index in [0.29, 0.717) is 23.2 Å². The van der Waals surface area contributed by atoms with Gasteiger partial charge in [-0.25, -0.2) is 4.98 Å². The van der Waals surface area contributed by atoms with Crippen LogP contribution in [-0.4, -0.2) is 47.9 Å². The van der Waals surface area contributed by atoms with E-state index >= 15 is 0 Å². The van der Waals surface area contributed by atoms with E-state index in [1.165, 1.54) is 23.5 Å². The van der Waals surface area contributed by atoms with Gasteiger partial charge in [0.05, 0.1) is 21.6 Å². The number of anilines is 1. The molecule has 0 N–H and O–H groups in total. The number of fused-ring (bicyclic) bond motifs is 1. The van der Waals surface area contributed by atoms with Crippen molar-refractivity contribution < 1.29 is 9.72 Å². The summed E-state index contributed by atoms with van der Waals surface area (Å²) in [6.07, 6.45) is 0.140. The maximum atomic E-state index is 13.1. The van der Waals surface area contributed by atoms with Crippen molar-refractivity contribution in [3.05, 3.63) is 62.7 Å².